The SMILES string of the molecule is Clc1cc(-c2nc(-c3ccccc3)nc(-c3ccc(-c4ccccc4)cc3)n2)cc2oc3ccccc3c12. The third kappa shape index (κ3) is 4.01. The molecule has 0 saturated heterocycles. The minimum atomic E-state index is 0.533. The molecule has 0 bridgehead atoms. The van der Waals surface area contributed by atoms with Crippen LogP contribution in [0.25, 0.3) is 67.2 Å². The number of hydrogen-bond donors (Lipinski definition) is 0. The summed E-state index contributed by atoms with van der Waals surface area (Å²) in [6.07, 6.45) is 0. The van der Waals surface area contributed by atoms with Gasteiger partial charge >= 0.3 is 0 Å². The number of para-hydroxylation sites is 1. The summed E-state index contributed by atoms with van der Waals surface area (Å²) in [6.45, 7) is 0. The monoisotopic (exact) mass is 509 g/mol. The maximum Gasteiger partial charge on any atom is 0.164 e. The van der Waals surface area contributed by atoms with Crippen LogP contribution in [0.2, 0.25) is 5.02 Å². The van der Waals surface area contributed by atoms with E-state index in [4.69, 9.17) is 31.0 Å². The molecule has 0 aliphatic carbocycles. The van der Waals surface area contributed by atoms with Crippen molar-refractivity contribution in [2.45, 2.75) is 0 Å². The highest BCUT2D eigenvalue weighted by molar-refractivity contribution is 6.38. The van der Waals surface area contributed by atoms with Gasteiger partial charge in [-0.25, -0.2) is 15.0 Å². The minimum absolute atomic E-state index is 0.533. The Morgan fingerprint density at radius 3 is 1.63 bits per heavy atom. The van der Waals surface area contributed by atoms with E-state index >= 15 is 0 Å². The smallest absolute Gasteiger partial charge is 0.164 e. The molecule has 0 atom stereocenters. The first-order valence-corrected chi connectivity index (χ1v) is 12.7. The van der Waals surface area contributed by atoms with E-state index in [1.807, 2.05) is 97.1 Å². The largest absolute Gasteiger partial charge is 0.456 e. The van der Waals surface area contributed by atoms with Crippen LogP contribution in [-0.2, 0) is 0 Å². The van der Waals surface area contributed by atoms with E-state index in [9.17, 15) is 0 Å². The second-order valence-corrected chi connectivity index (χ2v) is 9.45. The van der Waals surface area contributed by atoms with E-state index in [2.05, 4.69) is 24.3 Å². The van der Waals surface area contributed by atoms with Crippen molar-refractivity contribution in [3.8, 4) is 45.3 Å². The molecule has 5 heteroatoms. The van der Waals surface area contributed by atoms with E-state index in [0.717, 1.165) is 44.2 Å². The highest BCUT2D eigenvalue weighted by atomic mass is 35.5. The van der Waals surface area contributed by atoms with Gasteiger partial charge in [0, 0.05) is 27.5 Å². The number of rotatable bonds is 4. The van der Waals surface area contributed by atoms with Gasteiger partial charge < -0.3 is 4.42 Å². The maximum absolute atomic E-state index is 6.79. The van der Waals surface area contributed by atoms with E-state index in [1.54, 1.807) is 0 Å². The van der Waals surface area contributed by atoms with Gasteiger partial charge in [-0.2, -0.15) is 0 Å². The predicted octanol–water partition coefficient (Wildman–Crippen LogP) is 9.09. The van der Waals surface area contributed by atoms with E-state index in [-0.39, 0.29) is 0 Å². The summed E-state index contributed by atoms with van der Waals surface area (Å²) in [5.41, 5.74) is 6.37. The van der Waals surface area contributed by atoms with Gasteiger partial charge in [-0.3, -0.25) is 0 Å². The number of benzene rings is 5. The third-order valence-electron chi connectivity index (χ3n) is 6.61. The van der Waals surface area contributed by atoms with E-state index in [1.165, 1.54) is 0 Å². The van der Waals surface area contributed by atoms with Crippen LogP contribution in [0.5, 0.6) is 0 Å². The van der Waals surface area contributed by atoms with Crippen molar-refractivity contribution >= 4 is 33.5 Å². The molecule has 0 spiro atoms. The number of hydrogen-bond acceptors (Lipinski definition) is 4. The summed E-state index contributed by atoms with van der Waals surface area (Å²) in [6, 6.07) is 40.2. The zero-order valence-electron chi connectivity index (χ0n) is 20.2. The highest BCUT2D eigenvalue weighted by Gasteiger charge is 2.17. The second-order valence-electron chi connectivity index (χ2n) is 9.05. The average Bonchev–Trinajstić information content (AvgIpc) is 3.37. The summed E-state index contributed by atoms with van der Waals surface area (Å²) >= 11 is 6.79. The Hall–Kier alpha value is -4.80. The van der Waals surface area contributed by atoms with Crippen molar-refractivity contribution in [1.82, 2.24) is 15.0 Å². The van der Waals surface area contributed by atoms with Gasteiger partial charge in [-0.05, 0) is 29.3 Å². The number of fused-ring (bicyclic) bond motifs is 3. The lowest BCUT2D eigenvalue weighted by atomic mass is 10.0. The Labute approximate surface area is 224 Å². The Morgan fingerprint density at radius 2 is 0.947 bits per heavy atom. The first-order chi connectivity index (χ1) is 18.7. The lowest BCUT2D eigenvalue weighted by Gasteiger charge is -2.09. The first kappa shape index (κ1) is 22.4. The van der Waals surface area contributed by atoms with Crippen LogP contribution >= 0.6 is 11.6 Å². The number of nitrogens with zero attached hydrogens (tertiary/aromatic N) is 3. The normalized spacial score (nSPS) is 11.3. The molecule has 7 aromatic rings. The van der Waals surface area contributed by atoms with Gasteiger partial charge in [0.05, 0.1) is 5.02 Å². The molecule has 5 aromatic carbocycles. The average molecular weight is 510 g/mol. The van der Waals surface area contributed by atoms with Crippen molar-refractivity contribution in [2.24, 2.45) is 0 Å². The molecule has 180 valence electrons. The molecule has 0 N–H and O–H groups in total. The second kappa shape index (κ2) is 9.25. The van der Waals surface area contributed by atoms with Crippen LogP contribution < -0.4 is 0 Å². The maximum atomic E-state index is 6.79. The summed E-state index contributed by atoms with van der Waals surface area (Å²) in [5.74, 6) is 1.72. The Morgan fingerprint density at radius 1 is 0.447 bits per heavy atom. The third-order valence-corrected chi connectivity index (χ3v) is 6.90. The molecule has 2 heterocycles. The minimum Gasteiger partial charge on any atom is -0.456 e. The zero-order valence-corrected chi connectivity index (χ0v) is 20.9. The summed E-state index contributed by atoms with van der Waals surface area (Å²) in [4.78, 5) is 14.6. The molecule has 4 nitrogen and oxygen atoms in total. The number of furan rings is 1. The molecular formula is C33H20ClN3O. The Kier molecular flexibility index (Phi) is 5.46. The molecule has 2 aromatic heterocycles. The fourth-order valence-corrected chi connectivity index (χ4v) is 5.04. The van der Waals surface area contributed by atoms with E-state index in [0.29, 0.717) is 28.1 Å². The molecule has 38 heavy (non-hydrogen) atoms. The fraction of sp³-hybridized carbons (Fsp3) is 0. The molecule has 0 radical (unpaired) electrons. The summed E-state index contributed by atoms with van der Waals surface area (Å²) in [5, 5.41) is 2.47. The van der Waals surface area contributed by atoms with Gasteiger partial charge in [0.1, 0.15) is 11.2 Å². The predicted molar refractivity (Wildman–Crippen MR) is 154 cm³/mol. The van der Waals surface area contributed by atoms with Gasteiger partial charge in [-0.15, -0.1) is 0 Å². The number of aromatic nitrogens is 3. The highest BCUT2D eigenvalue weighted by Crippen LogP contribution is 2.37. The quantitative estimate of drug-likeness (QED) is 0.237. The van der Waals surface area contributed by atoms with Gasteiger partial charge in [0.25, 0.3) is 0 Å². The first-order valence-electron chi connectivity index (χ1n) is 12.3. The molecule has 0 saturated carbocycles. The van der Waals surface area contributed by atoms with Crippen LogP contribution in [0, 0.1) is 0 Å². The molecule has 0 aliphatic heterocycles. The molecular weight excluding hydrogens is 490 g/mol. The van der Waals surface area contributed by atoms with Crippen molar-refractivity contribution in [1.29, 1.82) is 0 Å². The van der Waals surface area contributed by atoms with Crippen LogP contribution in [-0.4, -0.2) is 15.0 Å². The molecule has 7 rings (SSSR count). The molecule has 0 fully saturated rings. The van der Waals surface area contributed by atoms with Crippen LogP contribution in [0.4, 0.5) is 0 Å². The summed E-state index contributed by atoms with van der Waals surface area (Å²) in [7, 11) is 0. The van der Waals surface area contributed by atoms with Gasteiger partial charge in [0.2, 0.25) is 0 Å². The Bertz CT molecular complexity index is 1910. The number of halogens is 1. The topological polar surface area (TPSA) is 51.8 Å². The van der Waals surface area contributed by atoms with Gasteiger partial charge in [0.15, 0.2) is 17.5 Å². The van der Waals surface area contributed by atoms with E-state index < -0.39 is 0 Å². The lowest BCUT2D eigenvalue weighted by molar-refractivity contribution is 0.669. The Balaban J connectivity index is 1.38. The fourth-order valence-electron chi connectivity index (χ4n) is 4.73. The van der Waals surface area contributed by atoms with Crippen molar-refractivity contribution in [2.75, 3.05) is 0 Å². The van der Waals surface area contributed by atoms with Crippen LogP contribution in [0.15, 0.2) is 126 Å². The summed E-state index contributed by atoms with van der Waals surface area (Å²) < 4.78 is 6.12. The van der Waals surface area contributed by atoms with Crippen LogP contribution in [0.1, 0.15) is 0 Å². The molecule has 0 amide bonds. The molecule has 0 unspecified atom stereocenters. The standard InChI is InChI=1S/C33H20ClN3O/c34-27-19-25(20-29-30(27)26-13-7-8-14-28(26)38-29)33-36-31(23-11-5-2-6-12-23)35-32(37-33)24-17-15-22(16-18-24)21-9-3-1-4-10-21/h1-20H. The van der Waals surface area contributed by atoms with Crippen LogP contribution in [0.3, 0.4) is 0 Å². The van der Waals surface area contributed by atoms with Crippen molar-refractivity contribution in [3.05, 3.63) is 126 Å². The lowest BCUT2D eigenvalue weighted by Crippen LogP contribution is -2.00. The van der Waals surface area contributed by atoms with Gasteiger partial charge in [-0.1, -0.05) is 115 Å². The van der Waals surface area contributed by atoms with Crippen molar-refractivity contribution < 1.29 is 4.42 Å². The molecule has 0 aliphatic rings. The van der Waals surface area contributed by atoms with Crippen molar-refractivity contribution in [3.63, 3.8) is 0 Å². The zero-order chi connectivity index (χ0) is 25.5.